The summed E-state index contributed by atoms with van der Waals surface area (Å²) >= 11 is 0. The summed E-state index contributed by atoms with van der Waals surface area (Å²) in [5.41, 5.74) is 0.850. The average molecular weight is 431 g/mol. The summed E-state index contributed by atoms with van der Waals surface area (Å²) in [6, 6.07) is 10.7. The summed E-state index contributed by atoms with van der Waals surface area (Å²) in [7, 11) is 0. The number of hydrogen-bond acceptors (Lipinski definition) is 5. The van der Waals surface area contributed by atoms with Crippen molar-refractivity contribution in [3.8, 4) is 0 Å². The van der Waals surface area contributed by atoms with Crippen LogP contribution in [-0.2, 0) is 30.4 Å². The predicted octanol–water partition coefficient (Wildman–Crippen LogP) is 5.48. The quantitative estimate of drug-likeness (QED) is 0.559. The van der Waals surface area contributed by atoms with Gasteiger partial charge in [0.25, 0.3) is 0 Å². The summed E-state index contributed by atoms with van der Waals surface area (Å²) in [5.74, 6) is 1.25. The van der Waals surface area contributed by atoms with Crippen molar-refractivity contribution in [2.75, 3.05) is 6.61 Å². The van der Waals surface area contributed by atoms with Crippen LogP contribution in [0, 0.1) is 29.6 Å². The van der Waals surface area contributed by atoms with Gasteiger partial charge in [0.2, 0.25) is 5.79 Å². The molecule has 0 radical (unpaired) electrons. The molecule has 4 aliphatic heterocycles. The van der Waals surface area contributed by atoms with Crippen molar-refractivity contribution in [2.24, 2.45) is 29.6 Å². The molecule has 0 amide bonds. The van der Waals surface area contributed by atoms with Crippen molar-refractivity contribution in [3.05, 3.63) is 35.9 Å². The first kappa shape index (κ1) is 21.8. The number of fused-ring (bicyclic) bond motifs is 2. The van der Waals surface area contributed by atoms with Gasteiger partial charge in [-0.05, 0) is 55.9 Å². The molecule has 172 valence electrons. The molecule has 4 saturated heterocycles. The molecule has 1 unspecified atom stereocenters. The Morgan fingerprint density at radius 1 is 1.06 bits per heavy atom. The Hall–Kier alpha value is -0.980. The van der Waals surface area contributed by atoms with Crippen LogP contribution < -0.4 is 0 Å². The zero-order valence-corrected chi connectivity index (χ0v) is 19.4. The largest absolute Gasteiger partial charge is 0.352 e. The van der Waals surface area contributed by atoms with Crippen LogP contribution in [0.15, 0.2) is 30.3 Å². The SMILES string of the molecule is CC[C@@H](CO[C@H]1O[C@@H]2O[C@@]3(C)CC[C@H]4[C@H](C)CC[C@@H]([C@H]1C)C24OO3)Cc1ccccc1. The Labute approximate surface area is 186 Å². The van der Waals surface area contributed by atoms with Crippen LogP contribution >= 0.6 is 0 Å². The Bertz CT molecular complexity index is 755. The molecule has 31 heavy (non-hydrogen) atoms. The van der Waals surface area contributed by atoms with Crippen molar-refractivity contribution in [3.63, 3.8) is 0 Å². The first-order valence-corrected chi connectivity index (χ1v) is 12.3. The smallest absolute Gasteiger partial charge is 0.201 e. The standard InChI is InChI=1S/C26H38O5/c1-5-19(15-20-9-7-6-8-10-20)16-27-23-18(3)22-12-11-17(2)21-13-14-25(4)29-24(28-23)26(21,22)31-30-25/h6-10,17-19,21-24H,5,11-16H2,1-4H3/t17-,18-,19-,21+,22+,23+,24-,25-,26?/m1/s1. The van der Waals surface area contributed by atoms with E-state index < -0.39 is 17.7 Å². The Morgan fingerprint density at radius 2 is 1.87 bits per heavy atom. The van der Waals surface area contributed by atoms with E-state index in [0.717, 1.165) is 32.1 Å². The lowest BCUT2D eigenvalue weighted by atomic mass is 9.58. The topological polar surface area (TPSA) is 46.2 Å². The van der Waals surface area contributed by atoms with Crippen LogP contribution in [0.2, 0.25) is 0 Å². The second-order valence-electron chi connectivity index (χ2n) is 10.6. The van der Waals surface area contributed by atoms with Gasteiger partial charge >= 0.3 is 0 Å². The van der Waals surface area contributed by atoms with E-state index in [1.54, 1.807) is 0 Å². The lowest BCUT2D eigenvalue weighted by Crippen LogP contribution is -2.70. The molecule has 5 aliphatic rings. The Kier molecular flexibility index (Phi) is 5.93. The van der Waals surface area contributed by atoms with Gasteiger partial charge in [-0.25, -0.2) is 9.78 Å². The molecule has 2 bridgehead atoms. The van der Waals surface area contributed by atoms with Crippen LogP contribution in [0.1, 0.15) is 65.4 Å². The predicted molar refractivity (Wildman–Crippen MR) is 117 cm³/mol. The summed E-state index contributed by atoms with van der Waals surface area (Å²) in [6.45, 7) is 9.51. The maximum atomic E-state index is 6.55. The van der Waals surface area contributed by atoms with E-state index >= 15 is 0 Å². The van der Waals surface area contributed by atoms with Gasteiger partial charge in [0.1, 0.15) is 0 Å². The molecule has 9 atom stereocenters. The lowest BCUT2D eigenvalue weighted by molar-refractivity contribution is -0.577. The van der Waals surface area contributed by atoms with Gasteiger partial charge in [-0.1, -0.05) is 57.5 Å². The molecule has 1 spiro atoms. The summed E-state index contributed by atoms with van der Waals surface area (Å²) < 4.78 is 19.5. The highest BCUT2D eigenvalue weighted by Crippen LogP contribution is 2.60. The van der Waals surface area contributed by atoms with Gasteiger partial charge in [-0.15, -0.1) is 0 Å². The van der Waals surface area contributed by atoms with Gasteiger partial charge in [0.05, 0.1) is 6.61 Å². The van der Waals surface area contributed by atoms with Crippen LogP contribution in [0.5, 0.6) is 0 Å². The molecule has 5 nitrogen and oxygen atoms in total. The van der Waals surface area contributed by atoms with Crippen molar-refractivity contribution >= 4 is 0 Å². The first-order valence-electron chi connectivity index (χ1n) is 12.3. The van der Waals surface area contributed by atoms with Crippen LogP contribution in [0.4, 0.5) is 0 Å². The minimum atomic E-state index is -0.734. The van der Waals surface area contributed by atoms with Gasteiger partial charge in [0, 0.05) is 18.3 Å². The van der Waals surface area contributed by atoms with E-state index in [1.807, 2.05) is 6.92 Å². The van der Waals surface area contributed by atoms with Crippen molar-refractivity contribution in [1.82, 2.24) is 0 Å². The third-order valence-corrected chi connectivity index (χ3v) is 8.54. The summed E-state index contributed by atoms with van der Waals surface area (Å²) in [5, 5.41) is 0. The molecule has 6 rings (SSSR count). The molecule has 5 heteroatoms. The second-order valence-corrected chi connectivity index (χ2v) is 10.6. The minimum absolute atomic E-state index is 0.232. The Balaban J connectivity index is 1.32. The molecule has 0 aromatic heterocycles. The van der Waals surface area contributed by atoms with Gasteiger partial charge in [-0.2, -0.15) is 0 Å². The molecule has 1 aliphatic carbocycles. The maximum absolute atomic E-state index is 6.55. The molecular formula is C26H38O5. The van der Waals surface area contributed by atoms with Crippen LogP contribution in [0.3, 0.4) is 0 Å². The fraction of sp³-hybridized carbons (Fsp3) is 0.769. The zero-order valence-electron chi connectivity index (χ0n) is 19.4. The molecule has 0 N–H and O–H groups in total. The monoisotopic (exact) mass is 430 g/mol. The molecule has 1 saturated carbocycles. The normalized spacial score (nSPS) is 45.0. The number of rotatable bonds is 6. The minimum Gasteiger partial charge on any atom is -0.352 e. The molecule has 1 aromatic rings. The van der Waals surface area contributed by atoms with E-state index in [2.05, 4.69) is 51.1 Å². The maximum Gasteiger partial charge on any atom is 0.201 e. The summed E-state index contributed by atoms with van der Waals surface area (Å²) in [6.07, 6.45) is 5.62. The third kappa shape index (κ3) is 3.76. The molecular weight excluding hydrogens is 392 g/mol. The van der Waals surface area contributed by atoms with E-state index in [1.165, 1.54) is 12.0 Å². The molecule has 1 aromatic carbocycles. The number of ether oxygens (including phenoxy) is 3. The van der Waals surface area contributed by atoms with E-state index in [-0.39, 0.29) is 12.2 Å². The van der Waals surface area contributed by atoms with Crippen molar-refractivity contribution < 1.29 is 24.0 Å². The van der Waals surface area contributed by atoms with Gasteiger partial charge in [-0.3, -0.25) is 0 Å². The third-order valence-electron chi connectivity index (χ3n) is 8.54. The average Bonchev–Trinajstić information content (AvgIpc) is 3.01. The number of hydrogen-bond donors (Lipinski definition) is 0. The highest BCUT2D eigenvalue weighted by atomic mass is 17.3. The van der Waals surface area contributed by atoms with Crippen LogP contribution in [0.25, 0.3) is 0 Å². The van der Waals surface area contributed by atoms with Gasteiger partial charge in [0.15, 0.2) is 18.2 Å². The number of benzene rings is 1. The van der Waals surface area contributed by atoms with E-state index in [9.17, 15) is 0 Å². The lowest BCUT2D eigenvalue weighted by Gasteiger charge is -2.60. The van der Waals surface area contributed by atoms with E-state index in [4.69, 9.17) is 24.0 Å². The van der Waals surface area contributed by atoms with E-state index in [0.29, 0.717) is 30.3 Å². The van der Waals surface area contributed by atoms with Crippen molar-refractivity contribution in [1.29, 1.82) is 0 Å². The highest BCUT2D eigenvalue weighted by molar-refractivity contribution is 5.15. The fourth-order valence-corrected chi connectivity index (χ4v) is 6.56. The van der Waals surface area contributed by atoms with Gasteiger partial charge < -0.3 is 14.2 Å². The molecule has 4 heterocycles. The molecule has 5 fully saturated rings. The fourth-order valence-electron chi connectivity index (χ4n) is 6.56. The van der Waals surface area contributed by atoms with Crippen LogP contribution in [-0.4, -0.2) is 30.6 Å². The zero-order chi connectivity index (χ0) is 21.6. The highest BCUT2D eigenvalue weighted by Gasteiger charge is 2.69. The first-order chi connectivity index (χ1) is 14.9. The Morgan fingerprint density at radius 3 is 2.65 bits per heavy atom. The summed E-state index contributed by atoms with van der Waals surface area (Å²) in [4.78, 5) is 12.1. The second kappa shape index (κ2) is 8.42. The van der Waals surface area contributed by atoms with Crippen molar-refractivity contribution in [2.45, 2.75) is 90.2 Å².